The predicted molar refractivity (Wildman–Crippen MR) is 104 cm³/mol. The average molecular weight is 385 g/mol. The maximum Gasteiger partial charge on any atom is 0.339 e. The molecule has 7 heteroatoms. The number of anilines is 1. The first-order chi connectivity index (χ1) is 12.9. The Morgan fingerprint density at radius 2 is 1.63 bits per heavy atom. The van der Waals surface area contributed by atoms with Gasteiger partial charge in [-0.05, 0) is 43.3 Å². The van der Waals surface area contributed by atoms with Crippen molar-refractivity contribution < 1.29 is 22.1 Å². The molecular formula is C20H19NO5S. The third kappa shape index (κ3) is 4.20. The minimum atomic E-state index is -4.05. The van der Waals surface area contributed by atoms with Crippen LogP contribution in [0.1, 0.15) is 13.8 Å². The SMILES string of the molecule is CCOc1ccc(S(=O)(=O)Oc2ccc(NC(C)=O)cc2)c2ccccc12. The Balaban J connectivity index is 1.95. The van der Waals surface area contributed by atoms with Crippen molar-refractivity contribution >= 4 is 32.5 Å². The van der Waals surface area contributed by atoms with E-state index in [4.69, 9.17) is 8.92 Å². The summed E-state index contributed by atoms with van der Waals surface area (Å²) in [7, 11) is -4.05. The molecule has 3 aromatic rings. The van der Waals surface area contributed by atoms with E-state index >= 15 is 0 Å². The number of hydrogen-bond acceptors (Lipinski definition) is 5. The summed E-state index contributed by atoms with van der Waals surface area (Å²) in [6.07, 6.45) is 0. The van der Waals surface area contributed by atoms with E-state index < -0.39 is 10.1 Å². The van der Waals surface area contributed by atoms with E-state index in [9.17, 15) is 13.2 Å². The Morgan fingerprint density at radius 3 is 2.26 bits per heavy atom. The zero-order valence-corrected chi connectivity index (χ0v) is 15.7. The molecule has 0 aliphatic heterocycles. The van der Waals surface area contributed by atoms with E-state index in [1.165, 1.54) is 25.1 Å². The maximum absolute atomic E-state index is 12.8. The molecule has 0 heterocycles. The molecule has 6 nitrogen and oxygen atoms in total. The van der Waals surface area contributed by atoms with E-state index in [0.29, 0.717) is 28.8 Å². The van der Waals surface area contributed by atoms with Crippen LogP contribution in [0.4, 0.5) is 5.69 Å². The van der Waals surface area contributed by atoms with Gasteiger partial charge in [-0.1, -0.05) is 24.3 Å². The average Bonchev–Trinajstić information content (AvgIpc) is 2.63. The van der Waals surface area contributed by atoms with Crippen LogP contribution in [0.25, 0.3) is 10.8 Å². The monoisotopic (exact) mass is 385 g/mol. The Labute approximate surface area is 157 Å². The van der Waals surface area contributed by atoms with Crippen molar-refractivity contribution in [2.24, 2.45) is 0 Å². The largest absolute Gasteiger partial charge is 0.493 e. The lowest BCUT2D eigenvalue weighted by molar-refractivity contribution is -0.114. The van der Waals surface area contributed by atoms with Crippen molar-refractivity contribution in [1.82, 2.24) is 0 Å². The van der Waals surface area contributed by atoms with Crippen molar-refractivity contribution in [2.75, 3.05) is 11.9 Å². The third-order valence-electron chi connectivity index (χ3n) is 3.79. The first-order valence-corrected chi connectivity index (χ1v) is 9.78. The molecule has 0 aliphatic rings. The molecule has 0 spiro atoms. The normalized spacial score (nSPS) is 11.2. The van der Waals surface area contributed by atoms with Gasteiger partial charge in [0.05, 0.1) is 6.61 Å². The molecule has 0 saturated carbocycles. The van der Waals surface area contributed by atoms with E-state index in [1.807, 2.05) is 19.1 Å². The number of rotatable bonds is 6. The highest BCUT2D eigenvalue weighted by Gasteiger charge is 2.21. The van der Waals surface area contributed by atoms with Gasteiger partial charge in [0, 0.05) is 23.4 Å². The van der Waals surface area contributed by atoms with Gasteiger partial charge in [0.15, 0.2) is 0 Å². The number of carbonyl (C=O) groups excluding carboxylic acids is 1. The molecule has 0 aliphatic carbocycles. The standard InChI is InChI=1S/C20H19NO5S/c1-3-25-19-12-13-20(18-7-5-4-6-17(18)19)27(23,24)26-16-10-8-15(9-11-16)21-14(2)22/h4-13H,3H2,1-2H3,(H,21,22). The summed E-state index contributed by atoms with van der Waals surface area (Å²) in [6.45, 7) is 3.74. The van der Waals surface area contributed by atoms with Gasteiger partial charge in [-0.3, -0.25) is 4.79 Å². The fourth-order valence-corrected chi connectivity index (χ4v) is 3.85. The molecule has 0 unspecified atom stereocenters. The summed E-state index contributed by atoms with van der Waals surface area (Å²) in [5, 5.41) is 3.84. The molecule has 3 rings (SSSR count). The van der Waals surface area contributed by atoms with Crippen LogP contribution in [-0.2, 0) is 14.9 Å². The number of benzene rings is 3. The molecule has 1 N–H and O–H groups in total. The van der Waals surface area contributed by atoms with Crippen LogP contribution in [-0.4, -0.2) is 20.9 Å². The molecule has 1 amide bonds. The van der Waals surface area contributed by atoms with E-state index in [-0.39, 0.29) is 16.6 Å². The van der Waals surface area contributed by atoms with Crippen LogP contribution < -0.4 is 14.2 Å². The third-order valence-corrected chi connectivity index (χ3v) is 5.10. The molecule has 3 aromatic carbocycles. The summed E-state index contributed by atoms with van der Waals surface area (Å²) in [6, 6.07) is 16.3. The fraction of sp³-hybridized carbons (Fsp3) is 0.150. The lowest BCUT2D eigenvalue weighted by atomic mass is 10.1. The van der Waals surface area contributed by atoms with Gasteiger partial charge in [0.1, 0.15) is 16.4 Å². The molecule has 0 radical (unpaired) electrons. The number of ether oxygens (including phenoxy) is 1. The first-order valence-electron chi connectivity index (χ1n) is 8.37. The van der Waals surface area contributed by atoms with Gasteiger partial charge in [0.25, 0.3) is 0 Å². The highest BCUT2D eigenvalue weighted by Crippen LogP contribution is 2.32. The first kappa shape index (κ1) is 18.7. The Kier molecular flexibility index (Phi) is 5.32. The van der Waals surface area contributed by atoms with Crippen molar-refractivity contribution in [2.45, 2.75) is 18.7 Å². The van der Waals surface area contributed by atoms with Gasteiger partial charge >= 0.3 is 10.1 Å². The van der Waals surface area contributed by atoms with Crippen molar-refractivity contribution in [1.29, 1.82) is 0 Å². The quantitative estimate of drug-likeness (QED) is 0.650. The van der Waals surface area contributed by atoms with Gasteiger partial charge in [-0.15, -0.1) is 0 Å². The minimum Gasteiger partial charge on any atom is -0.493 e. The lowest BCUT2D eigenvalue weighted by Crippen LogP contribution is -2.11. The van der Waals surface area contributed by atoms with E-state index in [2.05, 4.69) is 5.32 Å². The summed E-state index contributed by atoms with van der Waals surface area (Å²) >= 11 is 0. The van der Waals surface area contributed by atoms with Crippen LogP contribution in [0.3, 0.4) is 0 Å². The smallest absolute Gasteiger partial charge is 0.339 e. The molecular weight excluding hydrogens is 366 g/mol. The minimum absolute atomic E-state index is 0.0625. The number of hydrogen-bond donors (Lipinski definition) is 1. The van der Waals surface area contributed by atoms with Crippen molar-refractivity contribution in [3.63, 3.8) is 0 Å². The lowest BCUT2D eigenvalue weighted by Gasteiger charge is -2.13. The second-order valence-electron chi connectivity index (χ2n) is 5.78. The van der Waals surface area contributed by atoms with Crippen molar-refractivity contribution in [3.8, 4) is 11.5 Å². The van der Waals surface area contributed by atoms with Crippen LogP contribution in [0.5, 0.6) is 11.5 Å². The Hall–Kier alpha value is -3.06. The Bertz CT molecular complexity index is 1080. The summed E-state index contributed by atoms with van der Waals surface area (Å²) < 4.78 is 36.5. The fourth-order valence-electron chi connectivity index (χ4n) is 2.71. The molecule has 0 bridgehead atoms. The predicted octanol–water partition coefficient (Wildman–Crippen LogP) is 3.96. The molecule has 27 heavy (non-hydrogen) atoms. The molecule has 0 fully saturated rings. The van der Waals surface area contributed by atoms with Crippen LogP contribution >= 0.6 is 0 Å². The molecule has 140 valence electrons. The topological polar surface area (TPSA) is 81.7 Å². The number of amides is 1. The zero-order valence-electron chi connectivity index (χ0n) is 14.9. The summed E-state index contributed by atoms with van der Waals surface area (Å²) in [4.78, 5) is 11.1. The second-order valence-corrected chi connectivity index (χ2v) is 7.30. The van der Waals surface area contributed by atoms with Gasteiger partial charge in [-0.25, -0.2) is 0 Å². The van der Waals surface area contributed by atoms with Crippen molar-refractivity contribution in [3.05, 3.63) is 60.7 Å². The van der Waals surface area contributed by atoms with Gasteiger partial charge in [0.2, 0.25) is 5.91 Å². The summed E-state index contributed by atoms with van der Waals surface area (Å²) in [5.41, 5.74) is 0.554. The van der Waals surface area contributed by atoms with Gasteiger partial charge in [-0.2, -0.15) is 8.42 Å². The maximum atomic E-state index is 12.8. The number of fused-ring (bicyclic) bond motifs is 1. The highest BCUT2D eigenvalue weighted by molar-refractivity contribution is 7.87. The number of carbonyl (C=O) groups is 1. The van der Waals surface area contributed by atoms with Crippen LogP contribution in [0, 0.1) is 0 Å². The highest BCUT2D eigenvalue weighted by atomic mass is 32.2. The second kappa shape index (κ2) is 7.67. The molecule has 0 saturated heterocycles. The molecule has 0 aromatic heterocycles. The van der Waals surface area contributed by atoms with E-state index in [1.54, 1.807) is 30.3 Å². The number of nitrogens with one attached hydrogen (secondary N) is 1. The molecule has 0 atom stereocenters. The Morgan fingerprint density at radius 1 is 0.963 bits per heavy atom. The van der Waals surface area contributed by atoms with E-state index in [0.717, 1.165) is 0 Å². The van der Waals surface area contributed by atoms with Gasteiger partial charge < -0.3 is 14.2 Å². The summed E-state index contributed by atoms with van der Waals surface area (Å²) in [5.74, 6) is 0.561. The van der Waals surface area contributed by atoms with Crippen LogP contribution in [0.2, 0.25) is 0 Å². The zero-order chi connectivity index (χ0) is 19.4. The van der Waals surface area contributed by atoms with Crippen LogP contribution in [0.15, 0.2) is 65.6 Å².